The predicted molar refractivity (Wildman–Crippen MR) is 78.7 cm³/mol. The molecule has 0 saturated carbocycles. The number of hydrogen-bond acceptors (Lipinski definition) is 2. The number of aromatic nitrogens is 3. The van der Waals surface area contributed by atoms with Crippen LogP contribution in [0.1, 0.15) is 5.56 Å². The summed E-state index contributed by atoms with van der Waals surface area (Å²) in [6.45, 7) is 0.795. The van der Waals surface area contributed by atoms with Crippen molar-refractivity contribution in [2.75, 3.05) is 0 Å². The second-order valence-corrected chi connectivity index (χ2v) is 5.17. The van der Waals surface area contributed by atoms with Crippen LogP contribution in [0.2, 0.25) is 0 Å². The van der Waals surface area contributed by atoms with Crippen molar-refractivity contribution in [1.29, 1.82) is 0 Å². The van der Waals surface area contributed by atoms with Crippen LogP contribution in [0.5, 0.6) is 0 Å². The first-order valence-corrected chi connectivity index (χ1v) is 6.78. The van der Waals surface area contributed by atoms with Gasteiger partial charge in [-0.05, 0) is 29.8 Å². The third kappa shape index (κ3) is 2.74. The molecule has 3 nitrogen and oxygen atoms in total. The first-order valence-electron chi connectivity index (χ1n) is 5.99. The van der Waals surface area contributed by atoms with Crippen molar-refractivity contribution in [3.63, 3.8) is 0 Å². The molecule has 0 spiro atoms. The smallest absolute Gasteiger partial charge is 0.141 e. The fourth-order valence-corrected chi connectivity index (χ4v) is 2.47. The van der Waals surface area contributed by atoms with Crippen molar-refractivity contribution in [3.8, 4) is 11.4 Å². The van der Waals surface area contributed by atoms with E-state index in [-0.39, 0.29) is 0 Å². The average molecular weight is 314 g/mol. The molecular weight excluding hydrogens is 302 g/mol. The molecule has 0 aliphatic rings. The van der Waals surface area contributed by atoms with Gasteiger partial charge in [-0.3, -0.25) is 4.98 Å². The van der Waals surface area contributed by atoms with E-state index >= 15 is 0 Å². The highest BCUT2D eigenvalue weighted by Gasteiger charge is 2.06. The standard InChI is InChI=1S/C15H12BrN3/c16-14-5-1-3-12(9-14)11-19-8-7-18-15(19)13-4-2-6-17-10-13/h1-10H,11H2. The Bertz CT molecular complexity index is 677. The molecule has 0 aliphatic carbocycles. The van der Waals surface area contributed by atoms with Crippen LogP contribution in [0, 0.1) is 0 Å². The lowest BCUT2D eigenvalue weighted by molar-refractivity contribution is 0.806. The second-order valence-electron chi connectivity index (χ2n) is 4.25. The summed E-state index contributed by atoms with van der Waals surface area (Å²) in [6, 6.07) is 12.2. The molecule has 0 saturated heterocycles. The fourth-order valence-electron chi connectivity index (χ4n) is 2.02. The highest BCUT2D eigenvalue weighted by atomic mass is 79.9. The molecule has 0 unspecified atom stereocenters. The Morgan fingerprint density at radius 3 is 2.84 bits per heavy atom. The van der Waals surface area contributed by atoms with Crippen LogP contribution in [0.25, 0.3) is 11.4 Å². The van der Waals surface area contributed by atoms with Gasteiger partial charge >= 0.3 is 0 Å². The van der Waals surface area contributed by atoms with Gasteiger partial charge in [0, 0.05) is 41.4 Å². The van der Waals surface area contributed by atoms with Gasteiger partial charge in [0.15, 0.2) is 0 Å². The Labute approximate surface area is 120 Å². The molecule has 0 aliphatic heterocycles. The molecule has 3 aromatic rings. The summed E-state index contributed by atoms with van der Waals surface area (Å²) in [7, 11) is 0. The summed E-state index contributed by atoms with van der Waals surface area (Å²) in [5.74, 6) is 0.938. The van der Waals surface area contributed by atoms with E-state index in [0.717, 1.165) is 22.4 Å². The molecule has 0 fully saturated rings. The highest BCUT2D eigenvalue weighted by Crippen LogP contribution is 2.18. The van der Waals surface area contributed by atoms with Crippen LogP contribution in [0.3, 0.4) is 0 Å². The summed E-state index contributed by atoms with van der Waals surface area (Å²) in [5, 5.41) is 0. The van der Waals surface area contributed by atoms with Gasteiger partial charge < -0.3 is 4.57 Å². The third-order valence-electron chi connectivity index (χ3n) is 2.88. The first kappa shape index (κ1) is 12.1. The number of imidazole rings is 1. The number of pyridine rings is 1. The normalized spacial score (nSPS) is 10.6. The zero-order valence-electron chi connectivity index (χ0n) is 10.2. The van der Waals surface area contributed by atoms with E-state index in [4.69, 9.17) is 0 Å². The van der Waals surface area contributed by atoms with Gasteiger partial charge in [0.1, 0.15) is 5.82 Å². The number of rotatable bonds is 3. The van der Waals surface area contributed by atoms with Crippen molar-refractivity contribution in [1.82, 2.24) is 14.5 Å². The van der Waals surface area contributed by atoms with Crippen molar-refractivity contribution >= 4 is 15.9 Å². The number of benzene rings is 1. The lowest BCUT2D eigenvalue weighted by Gasteiger charge is -2.08. The lowest BCUT2D eigenvalue weighted by Crippen LogP contribution is -2.01. The zero-order chi connectivity index (χ0) is 13.1. The van der Waals surface area contributed by atoms with Crippen LogP contribution >= 0.6 is 15.9 Å². The minimum atomic E-state index is 0.795. The Kier molecular flexibility index (Phi) is 3.42. The van der Waals surface area contributed by atoms with Gasteiger partial charge in [0.05, 0.1) is 0 Å². The SMILES string of the molecule is Brc1cccc(Cn2ccnc2-c2cccnc2)c1. The molecule has 0 bridgehead atoms. The molecule has 3 rings (SSSR count). The van der Waals surface area contributed by atoms with Crippen molar-refractivity contribution < 1.29 is 0 Å². The summed E-state index contributed by atoms with van der Waals surface area (Å²) < 4.78 is 3.21. The van der Waals surface area contributed by atoms with Crippen LogP contribution in [0.4, 0.5) is 0 Å². The van der Waals surface area contributed by atoms with E-state index in [1.165, 1.54) is 5.56 Å². The van der Waals surface area contributed by atoms with Crippen LogP contribution in [0.15, 0.2) is 65.7 Å². The van der Waals surface area contributed by atoms with E-state index in [9.17, 15) is 0 Å². The molecule has 0 radical (unpaired) electrons. The molecule has 94 valence electrons. The van der Waals surface area contributed by atoms with Gasteiger partial charge in [-0.1, -0.05) is 28.1 Å². The van der Waals surface area contributed by atoms with E-state index in [2.05, 4.69) is 42.6 Å². The number of hydrogen-bond donors (Lipinski definition) is 0. The maximum atomic E-state index is 4.42. The minimum Gasteiger partial charge on any atom is -0.327 e. The van der Waals surface area contributed by atoms with Gasteiger partial charge in [0.2, 0.25) is 0 Å². The summed E-state index contributed by atoms with van der Waals surface area (Å²) in [6.07, 6.45) is 7.41. The molecule has 2 aromatic heterocycles. The molecule has 4 heteroatoms. The molecule has 2 heterocycles. The average Bonchev–Trinajstić information content (AvgIpc) is 2.88. The summed E-state index contributed by atoms with van der Waals surface area (Å²) >= 11 is 3.49. The van der Waals surface area contributed by atoms with Gasteiger partial charge in [-0.25, -0.2) is 4.98 Å². The molecule has 1 aromatic carbocycles. The molecule has 0 amide bonds. The van der Waals surface area contributed by atoms with Gasteiger partial charge in [-0.15, -0.1) is 0 Å². The Morgan fingerprint density at radius 2 is 2.05 bits per heavy atom. The van der Waals surface area contributed by atoms with Crippen LogP contribution in [-0.2, 0) is 6.54 Å². The van der Waals surface area contributed by atoms with Crippen LogP contribution in [-0.4, -0.2) is 14.5 Å². The number of nitrogens with zero attached hydrogens (tertiary/aromatic N) is 3. The van der Waals surface area contributed by atoms with Crippen molar-refractivity contribution in [2.45, 2.75) is 6.54 Å². The van der Waals surface area contributed by atoms with Gasteiger partial charge in [-0.2, -0.15) is 0 Å². The third-order valence-corrected chi connectivity index (χ3v) is 3.37. The zero-order valence-corrected chi connectivity index (χ0v) is 11.8. The first-order chi connectivity index (χ1) is 9.33. The Balaban J connectivity index is 1.93. The minimum absolute atomic E-state index is 0.795. The topological polar surface area (TPSA) is 30.7 Å². The second kappa shape index (κ2) is 5.36. The van der Waals surface area contributed by atoms with E-state index in [0.29, 0.717) is 0 Å². The maximum Gasteiger partial charge on any atom is 0.141 e. The quantitative estimate of drug-likeness (QED) is 0.737. The van der Waals surface area contributed by atoms with E-state index in [1.807, 2.05) is 42.9 Å². The maximum absolute atomic E-state index is 4.42. The van der Waals surface area contributed by atoms with E-state index < -0.39 is 0 Å². The number of halogens is 1. The monoisotopic (exact) mass is 313 g/mol. The van der Waals surface area contributed by atoms with Crippen LogP contribution < -0.4 is 0 Å². The molecule has 0 atom stereocenters. The lowest BCUT2D eigenvalue weighted by atomic mass is 10.2. The predicted octanol–water partition coefficient (Wildman–Crippen LogP) is 3.76. The summed E-state index contributed by atoms with van der Waals surface area (Å²) in [5.41, 5.74) is 2.26. The Morgan fingerprint density at radius 1 is 1.11 bits per heavy atom. The largest absolute Gasteiger partial charge is 0.327 e. The van der Waals surface area contributed by atoms with Crippen molar-refractivity contribution in [2.24, 2.45) is 0 Å². The fraction of sp³-hybridized carbons (Fsp3) is 0.0667. The molecule has 0 N–H and O–H groups in total. The highest BCUT2D eigenvalue weighted by molar-refractivity contribution is 9.10. The Hall–Kier alpha value is -1.94. The van der Waals surface area contributed by atoms with Gasteiger partial charge in [0.25, 0.3) is 0 Å². The molecule has 19 heavy (non-hydrogen) atoms. The molecular formula is C15H12BrN3. The summed E-state index contributed by atoms with van der Waals surface area (Å²) in [4.78, 5) is 8.56. The van der Waals surface area contributed by atoms with E-state index in [1.54, 1.807) is 6.20 Å². The van der Waals surface area contributed by atoms with Crippen molar-refractivity contribution in [3.05, 3.63) is 71.2 Å².